The monoisotopic (exact) mass is 288 g/mol. The van der Waals surface area contributed by atoms with E-state index in [1.165, 1.54) is 5.56 Å². The maximum absolute atomic E-state index is 12.5. The number of carboxylic acid groups (broad SMARTS) is 1. The van der Waals surface area contributed by atoms with E-state index in [1.807, 2.05) is 28.0 Å². The quantitative estimate of drug-likeness (QED) is 0.912. The molecule has 1 fully saturated rings. The van der Waals surface area contributed by atoms with E-state index in [1.54, 1.807) is 0 Å². The summed E-state index contributed by atoms with van der Waals surface area (Å²) in [5, 5.41) is 9.02. The highest BCUT2D eigenvalue weighted by atomic mass is 16.4. The second-order valence-electron chi connectivity index (χ2n) is 5.84. The predicted molar refractivity (Wildman–Crippen MR) is 79.3 cm³/mol. The number of carbonyl (C=O) groups excluding carboxylic acids is 1. The summed E-state index contributed by atoms with van der Waals surface area (Å²) in [7, 11) is 0. The Hall–Kier alpha value is -1.88. The van der Waals surface area contributed by atoms with E-state index in [2.05, 4.69) is 6.07 Å². The van der Waals surface area contributed by atoms with Crippen LogP contribution in [0.2, 0.25) is 0 Å². The molecule has 1 aromatic carbocycles. The third kappa shape index (κ3) is 2.93. The van der Waals surface area contributed by atoms with Gasteiger partial charge >= 0.3 is 5.97 Å². The molecular formula is C16H20N2O3. The number of rotatable bonds is 3. The number of aliphatic carboxylic acids is 1. The van der Waals surface area contributed by atoms with Gasteiger partial charge in [0.15, 0.2) is 0 Å². The number of carbonyl (C=O) groups is 2. The fourth-order valence-electron chi connectivity index (χ4n) is 3.25. The second-order valence-corrected chi connectivity index (χ2v) is 5.84. The van der Waals surface area contributed by atoms with Gasteiger partial charge in [0.2, 0.25) is 5.91 Å². The zero-order valence-corrected chi connectivity index (χ0v) is 12.0. The maximum Gasteiger partial charge on any atom is 0.307 e. The molecule has 0 bridgehead atoms. The van der Waals surface area contributed by atoms with Crippen molar-refractivity contribution in [2.45, 2.75) is 19.3 Å². The molecule has 1 unspecified atom stereocenters. The number of hydrogen-bond acceptors (Lipinski definition) is 3. The smallest absolute Gasteiger partial charge is 0.307 e. The fraction of sp³-hybridized carbons (Fsp3) is 0.500. The van der Waals surface area contributed by atoms with Gasteiger partial charge in [-0.05, 0) is 37.4 Å². The molecule has 0 spiro atoms. The molecule has 0 aromatic heterocycles. The predicted octanol–water partition coefficient (Wildman–Crippen LogP) is 1.37. The molecule has 5 heteroatoms. The first kappa shape index (κ1) is 14.1. The maximum atomic E-state index is 12.5. The standard InChI is InChI=1S/C16H20N2O3/c19-15(11-17-9-7-13(10-17)16(20)21)18-8-3-5-12-4-1-2-6-14(12)18/h1-2,4,6,13H,3,5,7-11H2,(H,20,21). The summed E-state index contributed by atoms with van der Waals surface area (Å²) in [6.07, 6.45) is 2.64. The minimum Gasteiger partial charge on any atom is -0.481 e. The highest BCUT2D eigenvalue weighted by Crippen LogP contribution is 2.27. The number of carboxylic acids is 1. The summed E-state index contributed by atoms with van der Waals surface area (Å²) in [5.74, 6) is -1.01. The molecule has 2 aliphatic heterocycles. The third-order valence-electron chi connectivity index (χ3n) is 4.39. The van der Waals surface area contributed by atoms with E-state index in [0.717, 1.165) is 25.1 Å². The fourth-order valence-corrected chi connectivity index (χ4v) is 3.25. The van der Waals surface area contributed by atoms with Crippen molar-refractivity contribution < 1.29 is 14.7 Å². The number of para-hydroxylation sites is 1. The van der Waals surface area contributed by atoms with Crippen LogP contribution in [0.25, 0.3) is 0 Å². The Morgan fingerprint density at radius 1 is 1.24 bits per heavy atom. The molecular weight excluding hydrogens is 268 g/mol. The summed E-state index contributed by atoms with van der Waals surface area (Å²) in [5.41, 5.74) is 2.24. The van der Waals surface area contributed by atoms with Gasteiger partial charge in [-0.3, -0.25) is 14.5 Å². The summed E-state index contributed by atoms with van der Waals surface area (Å²) in [6, 6.07) is 8.03. The van der Waals surface area contributed by atoms with Crippen LogP contribution in [0.15, 0.2) is 24.3 Å². The number of anilines is 1. The molecule has 0 radical (unpaired) electrons. The molecule has 3 rings (SSSR count). The van der Waals surface area contributed by atoms with Gasteiger partial charge in [0.05, 0.1) is 12.5 Å². The van der Waals surface area contributed by atoms with Gasteiger partial charge in [0.25, 0.3) is 0 Å². The van der Waals surface area contributed by atoms with Crippen molar-refractivity contribution in [2.75, 3.05) is 31.1 Å². The number of aryl methyl sites for hydroxylation is 1. The lowest BCUT2D eigenvalue weighted by Gasteiger charge is -2.30. The Morgan fingerprint density at radius 2 is 2.05 bits per heavy atom. The average molecular weight is 288 g/mol. The summed E-state index contributed by atoms with van der Waals surface area (Å²) >= 11 is 0. The minimum absolute atomic E-state index is 0.0770. The molecule has 5 nitrogen and oxygen atoms in total. The van der Waals surface area contributed by atoms with Crippen molar-refractivity contribution in [2.24, 2.45) is 5.92 Å². The molecule has 0 saturated carbocycles. The van der Waals surface area contributed by atoms with E-state index < -0.39 is 5.97 Å². The lowest BCUT2D eigenvalue weighted by Crippen LogP contribution is -2.42. The van der Waals surface area contributed by atoms with E-state index >= 15 is 0 Å². The van der Waals surface area contributed by atoms with Crippen LogP contribution < -0.4 is 4.90 Å². The van der Waals surface area contributed by atoms with Crippen molar-refractivity contribution in [3.8, 4) is 0 Å². The van der Waals surface area contributed by atoms with Crippen LogP contribution >= 0.6 is 0 Å². The SMILES string of the molecule is O=C(O)C1CCN(CC(=O)N2CCCc3ccccc32)C1. The van der Waals surface area contributed by atoms with Crippen molar-refractivity contribution in [3.05, 3.63) is 29.8 Å². The highest BCUT2D eigenvalue weighted by Gasteiger charge is 2.31. The molecule has 1 N–H and O–H groups in total. The molecule has 1 atom stereocenters. The van der Waals surface area contributed by atoms with Crippen molar-refractivity contribution >= 4 is 17.6 Å². The van der Waals surface area contributed by atoms with Gasteiger partial charge in [0.1, 0.15) is 0 Å². The number of benzene rings is 1. The second kappa shape index (κ2) is 5.85. The van der Waals surface area contributed by atoms with Gasteiger partial charge in [0, 0.05) is 18.8 Å². The zero-order valence-electron chi connectivity index (χ0n) is 12.0. The first-order valence-electron chi connectivity index (χ1n) is 7.48. The van der Waals surface area contributed by atoms with Crippen LogP contribution in [-0.2, 0) is 16.0 Å². The Bertz CT molecular complexity index is 558. The van der Waals surface area contributed by atoms with Crippen LogP contribution in [-0.4, -0.2) is 48.1 Å². The molecule has 1 saturated heterocycles. The number of fused-ring (bicyclic) bond motifs is 1. The number of amides is 1. The third-order valence-corrected chi connectivity index (χ3v) is 4.39. The minimum atomic E-state index is -0.756. The molecule has 2 heterocycles. The van der Waals surface area contributed by atoms with Crippen LogP contribution in [0.4, 0.5) is 5.69 Å². The number of hydrogen-bond donors (Lipinski definition) is 1. The van der Waals surface area contributed by atoms with Gasteiger partial charge < -0.3 is 10.0 Å². The largest absolute Gasteiger partial charge is 0.481 e. The van der Waals surface area contributed by atoms with Crippen LogP contribution in [0.3, 0.4) is 0 Å². The van der Waals surface area contributed by atoms with Crippen LogP contribution in [0.1, 0.15) is 18.4 Å². The Balaban J connectivity index is 1.66. The van der Waals surface area contributed by atoms with E-state index in [-0.39, 0.29) is 11.8 Å². The first-order valence-corrected chi connectivity index (χ1v) is 7.48. The molecule has 1 aromatic rings. The lowest BCUT2D eigenvalue weighted by atomic mass is 10.0. The number of nitrogens with zero attached hydrogens (tertiary/aromatic N) is 2. The molecule has 0 aliphatic carbocycles. The Kier molecular flexibility index (Phi) is 3.92. The lowest BCUT2D eigenvalue weighted by molar-refractivity contribution is -0.141. The van der Waals surface area contributed by atoms with E-state index in [0.29, 0.717) is 26.1 Å². The Morgan fingerprint density at radius 3 is 2.81 bits per heavy atom. The molecule has 2 aliphatic rings. The first-order chi connectivity index (χ1) is 10.1. The van der Waals surface area contributed by atoms with Crippen molar-refractivity contribution in [1.29, 1.82) is 0 Å². The average Bonchev–Trinajstić information content (AvgIpc) is 2.95. The molecule has 21 heavy (non-hydrogen) atoms. The number of likely N-dealkylation sites (tertiary alicyclic amines) is 1. The zero-order chi connectivity index (χ0) is 14.8. The van der Waals surface area contributed by atoms with Gasteiger partial charge in [-0.15, -0.1) is 0 Å². The van der Waals surface area contributed by atoms with E-state index in [9.17, 15) is 9.59 Å². The Labute approximate surface area is 124 Å². The van der Waals surface area contributed by atoms with Gasteiger partial charge in [-0.1, -0.05) is 18.2 Å². The molecule has 112 valence electrons. The summed E-state index contributed by atoms with van der Waals surface area (Å²) < 4.78 is 0. The summed E-state index contributed by atoms with van der Waals surface area (Å²) in [6.45, 7) is 2.25. The topological polar surface area (TPSA) is 60.9 Å². The highest BCUT2D eigenvalue weighted by molar-refractivity contribution is 5.96. The van der Waals surface area contributed by atoms with Crippen LogP contribution in [0, 0.1) is 5.92 Å². The normalized spacial score (nSPS) is 22.1. The van der Waals surface area contributed by atoms with Gasteiger partial charge in [-0.25, -0.2) is 0 Å². The molecule has 1 amide bonds. The van der Waals surface area contributed by atoms with Crippen molar-refractivity contribution in [3.63, 3.8) is 0 Å². The van der Waals surface area contributed by atoms with Crippen LogP contribution in [0.5, 0.6) is 0 Å². The van der Waals surface area contributed by atoms with Crippen molar-refractivity contribution in [1.82, 2.24) is 4.90 Å². The van der Waals surface area contributed by atoms with E-state index in [4.69, 9.17) is 5.11 Å². The van der Waals surface area contributed by atoms with Gasteiger partial charge in [-0.2, -0.15) is 0 Å². The summed E-state index contributed by atoms with van der Waals surface area (Å²) in [4.78, 5) is 27.3.